The third kappa shape index (κ3) is 3.16. The van der Waals surface area contributed by atoms with Crippen LogP contribution in [-0.2, 0) is 0 Å². The molecule has 88 valence electrons. The molecule has 0 aromatic rings. The Morgan fingerprint density at radius 1 is 0.933 bits per heavy atom. The first-order chi connectivity index (χ1) is 7.25. The number of hydrogen-bond acceptors (Lipinski definition) is 3. The number of nitrogens with zero attached hydrogens (tertiary/aromatic N) is 1. The zero-order chi connectivity index (χ0) is 10.7. The topological polar surface area (TPSA) is 43.7 Å². The van der Waals surface area contributed by atoms with Crippen molar-refractivity contribution < 1.29 is 10.2 Å². The average Bonchev–Trinajstić information content (AvgIpc) is 2.25. The van der Waals surface area contributed by atoms with Gasteiger partial charge in [-0.3, -0.25) is 0 Å². The number of likely N-dealkylation sites (tertiary alicyclic amines) is 1. The highest BCUT2D eigenvalue weighted by molar-refractivity contribution is 4.80. The second-order valence-electron chi connectivity index (χ2n) is 5.14. The van der Waals surface area contributed by atoms with Crippen LogP contribution < -0.4 is 0 Å². The monoisotopic (exact) mass is 213 g/mol. The van der Waals surface area contributed by atoms with Crippen molar-refractivity contribution in [3.63, 3.8) is 0 Å². The van der Waals surface area contributed by atoms with E-state index in [1.807, 2.05) is 0 Å². The lowest BCUT2D eigenvalue weighted by molar-refractivity contribution is 0.0252. The lowest BCUT2D eigenvalue weighted by Gasteiger charge is -2.35. The zero-order valence-corrected chi connectivity index (χ0v) is 9.44. The molecule has 3 heteroatoms. The summed E-state index contributed by atoms with van der Waals surface area (Å²) in [7, 11) is 0. The first kappa shape index (κ1) is 11.4. The molecule has 1 aliphatic carbocycles. The van der Waals surface area contributed by atoms with Gasteiger partial charge < -0.3 is 15.1 Å². The summed E-state index contributed by atoms with van der Waals surface area (Å²) in [6.07, 6.45) is 6.28. The Morgan fingerprint density at radius 3 is 2.27 bits per heavy atom. The first-order valence-electron chi connectivity index (χ1n) is 6.34. The summed E-state index contributed by atoms with van der Waals surface area (Å²) in [5.74, 6) is 0.481. The second-order valence-corrected chi connectivity index (χ2v) is 5.14. The molecule has 0 amide bonds. The van der Waals surface area contributed by atoms with Gasteiger partial charge in [-0.05, 0) is 31.6 Å². The van der Waals surface area contributed by atoms with E-state index in [2.05, 4.69) is 4.90 Å². The average molecular weight is 213 g/mol. The van der Waals surface area contributed by atoms with E-state index in [4.69, 9.17) is 0 Å². The van der Waals surface area contributed by atoms with Crippen molar-refractivity contribution in [3.8, 4) is 0 Å². The van der Waals surface area contributed by atoms with Gasteiger partial charge in [-0.1, -0.05) is 12.8 Å². The maximum absolute atomic E-state index is 9.88. The summed E-state index contributed by atoms with van der Waals surface area (Å²) >= 11 is 0. The molecule has 2 fully saturated rings. The number of aliphatic hydroxyl groups is 2. The number of rotatable bonds is 2. The van der Waals surface area contributed by atoms with Gasteiger partial charge in [0, 0.05) is 19.6 Å². The summed E-state index contributed by atoms with van der Waals surface area (Å²) < 4.78 is 0. The SMILES string of the molecule is OC1CCN(CC2CCCCC2O)CC1. The van der Waals surface area contributed by atoms with Crippen LogP contribution >= 0.6 is 0 Å². The van der Waals surface area contributed by atoms with Crippen molar-refractivity contribution in [2.24, 2.45) is 5.92 Å². The summed E-state index contributed by atoms with van der Waals surface area (Å²) in [4.78, 5) is 2.41. The predicted molar refractivity (Wildman–Crippen MR) is 59.6 cm³/mol. The highest BCUT2D eigenvalue weighted by Crippen LogP contribution is 2.26. The van der Waals surface area contributed by atoms with E-state index in [1.54, 1.807) is 0 Å². The van der Waals surface area contributed by atoms with Crippen LogP contribution in [0.1, 0.15) is 38.5 Å². The van der Waals surface area contributed by atoms with Gasteiger partial charge in [0.25, 0.3) is 0 Å². The van der Waals surface area contributed by atoms with Crippen LogP contribution in [0.4, 0.5) is 0 Å². The van der Waals surface area contributed by atoms with Gasteiger partial charge in [0.1, 0.15) is 0 Å². The molecule has 0 aromatic heterocycles. The van der Waals surface area contributed by atoms with E-state index < -0.39 is 0 Å². The van der Waals surface area contributed by atoms with E-state index in [9.17, 15) is 10.2 Å². The van der Waals surface area contributed by atoms with Gasteiger partial charge in [-0.2, -0.15) is 0 Å². The van der Waals surface area contributed by atoms with Crippen molar-refractivity contribution in [3.05, 3.63) is 0 Å². The van der Waals surface area contributed by atoms with E-state index >= 15 is 0 Å². The van der Waals surface area contributed by atoms with Crippen LogP contribution in [0.25, 0.3) is 0 Å². The molecule has 0 aromatic carbocycles. The van der Waals surface area contributed by atoms with Crippen molar-refractivity contribution in [2.75, 3.05) is 19.6 Å². The molecule has 0 bridgehead atoms. The molecule has 15 heavy (non-hydrogen) atoms. The molecular weight excluding hydrogens is 190 g/mol. The number of aliphatic hydroxyl groups excluding tert-OH is 2. The summed E-state index contributed by atoms with van der Waals surface area (Å²) in [6.45, 7) is 3.04. The van der Waals surface area contributed by atoms with Crippen LogP contribution in [-0.4, -0.2) is 47.0 Å². The third-order valence-corrected chi connectivity index (χ3v) is 3.92. The minimum atomic E-state index is -0.0856. The van der Waals surface area contributed by atoms with Crippen LogP contribution in [0.5, 0.6) is 0 Å². The molecule has 3 nitrogen and oxygen atoms in total. The fourth-order valence-electron chi connectivity index (χ4n) is 2.83. The predicted octanol–water partition coefficient (Wildman–Crippen LogP) is 0.994. The zero-order valence-electron chi connectivity index (χ0n) is 9.44. The molecular formula is C12H23NO2. The molecule has 2 N–H and O–H groups in total. The smallest absolute Gasteiger partial charge is 0.0580 e. The standard InChI is InChI=1S/C12H23NO2/c14-11-5-7-13(8-6-11)9-10-3-1-2-4-12(10)15/h10-12,14-15H,1-9H2. The maximum atomic E-state index is 9.88. The summed E-state index contributed by atoms with van der Waals surface area (Å²) in [6, 6.07) is 0. The fourth-order valence-corrected chi connectivity index (χ4v) is 2.83. The molecule has 2 unspecified atom stereocenters. The quantitative estimate of drug-likeness (QED) is 0.719. The minimum Gasteiger partial charge on any atom is -0.393 e. The molecule has 0 spiro atoms. The van der Waals surface area contributed by atoms with Crippen molar-refractivity contribution in [1.29, 1.82) is 0 Å². The van der Waals surface area contributed by atoms with E-state index in [-0.39, 0.29) is 12.2 Å². The number of piperidine rings is 1. The normalized spacial score (nSPS) is 35.6. The third-order valence-electron chi connectivity index (χ3n) is 3.92. The van der Waals surface area contributed by atoms with E-state index in [0.717, 1.165) is 38.9 Å². The fraction of sp³-hybridized carbons (Fsp3) is 1.00. The lowest BCUT2D eigenvalue weighted by atomic mass is 9.86. The van der Waals surface area contributed by atoms with Crippen LogP contribution in [0, 0.1) is 5.92 Å². The first-order valence-corrected chi connectivity index (χ1v) is 6.34. The highest BCUT2D eigenvalue weighted by atomic mass is 16.3. The van der Waals surface area contributed by atoms with Crippen molar-refractivity contribution in [1.82, 2.24) is 4.90 Å². The van der Waals surface area contributed by atoms with Crippen LogP contribution in [0.15, 0.2) is 0 Å². The Labute approximate surface area is 92.1 Å². The maximum Gasteiger partial charge on any atom is 0.0580 e. The molecule has 2 rings (SSSR count). The Kier molecular flexibility index (Phi) is 4.00. The van der Waals surface area contributed by atoms with Gasteiger partial charge in [0.2, 0.25) is 0 Å². The highest BCUT2D eigenvalue weighted by Gasteiger charge is 2.26. The molecule has 1 saturated heterocycles. The molecule has 1 aliphatic heterocycles. The molecule has 1 saturated carbocycles. The van der Waals surface area contributed by atoms with Gasteiger partial charge in [0.15, 0.2) is 0 Å². The summed E-state index contributed by atoms with van der Waals surface area (Å²) in [5.41, 5.74) is 0. The van der Waals surface area contributed by atoms with Crippen molar-refractivity contribution >= 4 is 0 Å². The summed E-state index contributed by atoms with van der Waals surface area (Å²) in [5, 5.41) is 19.3. The Hall–Kier alpha value is -0.120. The van der Waals surface area contributed by atoms with Crippen molar-refractivity contribution in [2.45, 2.75) is 50.7 Å². The molecule has 0 radical (unpaired) electrons. The van der Waals surface area contributed by atoms with Gasteiger partial charge in [0.05, 0.1) is 12.2 Å². The van der Waals surface area contributed by atoms with Crippen LogP contribution in [0.2, 0.25) is 0 Å². The van der Waals surface area contributed by atoms with E-state index in [0.29, 0.717) is 5.92 Å². The van der Waals surface area contributed by atoms with E-state index in [1.165, 1.54) is 19.3 Å². The Bertz CT molecular complexity index is 190. The largest absolute Gasteiger partial charge is 0.393 e. The number of hydrogen-bond donors (Lipinski definition) is 2. The molecule has 1 heterocycles. The van der Waals surface area contributed by atoms with Crippen LogP contribution in [0.3, 0.4) is 0 Å². The molecule has 2 atom stereocenters. The minimum absolute atomic E-state index is 0.0781. The van der Waals surface area contributed by atoms with Gasteiger partial charge >= 0.3 is 0 Å². The Balaban J connectivity index is 1.75. The lowest BCUT2D eigenvalue weighted by Crippen LogP contribution is -2.42. The Morgan fingerprint density at radius 2 is 1.60 bits per heavy atom. The second kappa shape index (κ2) is 5.28. The van der Waals surface area contributed by atoms with Gasteiger partial charge in [-0.25, -0.2) is 0 Å². The van der Waals surface area contributed by atoms with Gasteiger partial charge in [-0.15, -0.1) is 0 Å². The molecule has 2 aliphatic rings.